The van der Waals surface area contributed by atoms with Crippen LogP contribution in [0.1, 0.15) is 35.4 Å². The summed E-state index contributed by atoms with van der Waals surface area (Å²) in [6, 6.07) is 16.5. The third kappa shape index (κ3) is 3.34. The van der Waals surface area contributed by atoms with E-state index in [9.17, 15) is 4.79 Å². The minimum absolute atomic E-state index is 0.0835. The number of carbonyl (C=O) groups is 1. The topological polar surface area (TPSA) is 45.2 Å². The molecule has 2 aromatic rings. The van der Waals surface area contributed by atoms with Crippen LogP contribution in [0.5, 0.6) is 0 Å². The molecule has 2 atom stereocenters. The zero-order valence-corrected chi connectivity index (χ0v) is 12.8. The molecule has 1 saturated heterocycles. The number of carbonyl (C=O) groups excluding carboxylic acids is 1. The lowest BCUT2D eigenvalue weighted by molar-refractivity contribution is 0.0931. The van der Waals surface area contributed by atoms with Crippen LogP contribution in [0.4, 0.5) is 0 Å². The zero-order chi connectivity index (χ0) is 15.4. The number of nitrogens with zero attached hydrogens (tertiary/aromatic N) is 2. The van der Waals surface area contributed by atoms with Gasteiger partial charge in [0.05, 0.1) is 0 Å². The van der Waals surface area contributed by atoms with Crippen LogP contribution in [0.25, 0.3) is 0 Å². The van der Waals surface area contributed by atoms with E-state index in [1.54, 1.807) is 12.3 Å². The molecule has 2 heterocycles. The van der Waals surface area contributed by atoms with E-state index in [1.165, 1.54) is 5.56 Å². The first-order valence-corrected chi connectivity index (χ1v) is 7.75. The maximum Gasteiger partial charge on any atom is 0.270 e. The van der Waals surface area contributed by atoms with Crippen LogP contribution in [0, 0.1) is 0 Å². The van der Waals surface area contributed by atoms with Crippen molar-refractivity contribution in [2.45, 2.75) is 25.4 Å². The summed E-state index contributed by atoms with van der Waals surface area (Å²) in [7, 11) is 0. The van der Waals surface area contributed by atoms with Crippen molar-refractivity contribution < 1.29 is 4.79 Å². The van der Waals surface area contributed by atoms with Gasteiger partial charge in [0, 0.05) is 31.4 Å². The lowest BCUT2D eigenvalue weighted by atomic mass is 10.1. The molecule has 3 rings (SSSR count). The molecule has 4 heteroatoms. The minimum Gasteiger partial charge on any atom is -0.347 e. The van der Waals surface area contributed by atoms with Crippen molar-refractivity contribution in [2.75, 3.05) is 13.1 Å². The predicted octanol–water partition coefficient (Wildman–Crippen LogP) is 2.65. The molecule has 1 aromatic heterocycles. The predicted molar refractivity (Wildman–Crippen MR) is 86.5 cm³/mol. The molecular formula is C18H21N3O. The quantitative estimate of drug-likeness (QED) is 0.943. The fourth-order valence-electron chi connectivity index (χ4n) is 2.96. The Kier molecular flexibility index (Phi) is 4.49. The third-order valence-electron chi connectivity index (χ3n) is 4.28. The van der Waals surface area contributed by atoms with Crippen molar-refractivity contribution in [2.24, 2.45) is 0 Å². The molecule has 1 aromatic carbocycles. The number of benzene rings is 1. The lowest BCUT2D eigenvalue weighted by Crippen LogP contribution is -2.37. The van der Waals surface area contributed by atoms with Gasteiger partial charge in [-0.15, -0.1) is 0 Å². The summed E-state index contributed by atoms with van der Waals surface area (Å²) in [5.41, 5.74) is 1.80. The van der Waals surface area contributed by atoms with Gasteiger partial charge in [0.15, 0.2) is 0 Å². The van der Waals surface area contributed by atoms with Crippen LogP contribution in [-0.4, -0.2) is 34.9 Å². The second-order valence-electron chi connectivity index (χ2n) is 5.76. The molecule has 0 aliphatic carbocycles. The SMILES string of the molecule is C[C@H](c1ccccc1)N1CC[C@@H](NC(=O)c2ccccn2)C1. The number of likely N-dealkylation sites (tertiary alicyclic amines) is 1. The van der Waals surface area contributed by atoms with Gasteiger partial charge >= 0.3 is 0 Å². The Balaban J connectivity index is 1.57. The molecule has 0 bridgehead atoms. The fourth-order valence-corrected chi connectivity index (χ4v) is 2.96. The van der Waals surface area contributed by atoms with E-state index in [0.717, 1.165) is 19.5 Å². The average molecular weight is 295 g/mol. The van der Waals surface area contributed by atoms with Gasteiger partial charge in [-0.3, -0.25) is 14.7 Å². The van der Waals surface area contributed by atoms with Crippen LogP contribution in [0.2, 0.25) is 0 Å². The van der Waals surface area contributed by atoms with Gasteiger partial charge in [-0.05, 0) is 31.0 Å². The van der Waals surface area contributed by atoms with Crippen LogP contribution >= 0.6 is 0 Å². The van der Waals surface area contributed by atoms with E-state index in [2.05, 4.69) is 46.4 Å². The molecule has 0 spiro atoms. The molecule has 0 unspecified atom stereocenters. The molecule has 1 amide bonds. The molecule has 1 fully saturated rings. The number of amides is 1. The van der Waals surface area contributed by atoms with Crippen LogP contribution in [0.15, 0.2) is 54.7 Å². The molecule has 4 nitrogen and oxygen atoms in total. The van der Waals surface area contributed by atoms with Gasteiger partial charge in [-0.2, -0.15) is 0 Å². The lowest BCUT2D eigenvalue weighted by Gasteiger charge is -2.24. The number of nitrogens with one attached hydrogen (secondary N) is 1. The number of hydrogen-bond donors (Lipinski definition) is 1. The largest absolute Gasteiger partial charge is 0.347 e. The highest BCUT2D eigenvalue weighted by atomic mass is 16.1. The normalized spacial score (nSPS) is 19.8. The Bertz CT molecular complexity index is 615. The summed E-state index contributed by atoms with van der Waals surface area (Å²) in [6.07, 6.45) is 2.63. The average Bonchev–Trinajstić information content (AvgIpc) is 3.04. The van der Waals surface area contributed by atoms with Crippen molar-refractivity contribution in [1.29, 1.82) is 0 Å². The van der Waals surface area contributed by atoms with Crippen LogP contribution in [-0.2, 0) is 0 Å². The summed E-state index contributed by atoms with van der Waals surface area (Å²) < 4.78 is 0. The summed E-state index contributed by atoms with van der Waals surface area (Å²) in [6.45, 7) is 4.11. The molecule has 22 heavy (non-hydrogen) atoms. The van der Waals surface area contributed by atoms with E-state index < -0.39 is 0 Å². The van der Waals surface area contributed by atoms with E-state index in [-0.39, 0.29) is 11.9 Å². The minimum atomic E-state index is -0.0835. The van der Waals surface area contributed by atoms with E-state index in [4.69, 9.17) is 0 Å². The van der Waals surface area contributed by atoms with Crippen molar-refractivity contribution in [3.8, 4) is 0 Å². The van der Waals surface area contributed by atoms with Gasteiger partial charge in [-0.25, -0.2) is 0 Å². The maximum atomic E-state index is 12.2. The number of aromatic nitrogens is 1. The summed E-state index contributed by atoms with van der Waals surface area (Å²) in [4.78, 5) is 18.7. The Morgan fingerprint density at radius 3 is 2.73 bits per heavy atom. The van der Waals surface area contributed by atoms with Gasteiger partial charge < -0.3 is 5.32 Å². The standard InChI is InChI=1S/C18H21N3O/c1-14(15-7-3-2-4-8-15)21-12-10-16(13-21)20-18(22)17-9-5-6-11-19-17/h2-9,11,14,16H,10,12-13H2,1H3,(H,20,22)/t14-,16-/m1/s1. The second-order valence-corrected chi connectivity index (χ2v) is 5.76. The summed E-state index contributed by atoms with van der Waals surface area (Å²) >= 11 is 0. The highest BCUT2D eigenvalue weighted by Gasteiger charge is 2.28. The first kappa shape index (κ1) is 14.7. The first-order valence-electron chi connectivity index (χ1n) is 7.75. The van der Waals surface area contributed by atoms with E-state index in [0.29, 0.717) is 11.7 Å². The fraction of sp³-hybridized carbons (Fsp3) is 0.333. The number of pyridine rings is 1. The second kappa shape index (κ2) is 6.71. The van der Waals surface area contributed by atoms with Crippen LogP contribution in [0.3, 0.4) is 0 Å². The van der Waals surface area contributed by atoms with Gasteiger partial charge in [-0.1, -0.05) is 36.4 Å². The first-order chi connectivity index (χ1) is 10.7. The molecule has 1 N–H and O–H groups in total. The molecule has 0 radical (unpaired) electrons. The molecule has 1 aliphatic rings. The van der Waals surface area contributed by atoms with Crippen molar-refractivity contribution >= 4 is 5.91 Å². The molecular weight excluding hydrogens is 274 g/mol. The third-order valence-corrected chi connectivity index (χ3v) is 4.28. The highest BCUT2D eigenvalue weighted by Crippen LogP contribution is 2.24. The number of rotatable bonds is 4. The monoisotopic (exact) mass is 295 g/mol. The Labute approximate surface area is 131 Å². The Hall–Kier alpha value is -2.20. The smallest absolute Gasteiger partial charge is 0.270 e. The van der Waals surface area contributed by atoms with E-state index in [1.807, 2.05) is 18.2 Å². The highest BCUT2D eigenvalue weighted by molar-refractivity contribution is 5.92. The summed E-state index contributed by atoms with van der Waals surface area (Å²) in [5.74, 6) is -0.0835. The zero-order valence-electron chi connectivity index (χ0n) is 12.8. The van der Waals surface area contributed by atoms with Gasteiger partial charge in [0.1, 0.15) is 5.69 Å². The Morgan fingerprint density at radius 1 is 1.23 bits per heavy atom. The van der Waals surface area contributed by atoms with Gasteiger partial charge in [0.2, 0.25) is 0 Å². The molecule has 114 valence electrons. The Morgan fingerprint density at radius 2 is 2.00 bits per heavy atom. The van der Waals surface area contributed by atoms with Gasteiger partial charge in [0.25, 0.3) is 5.91 Å². The van der Waals surface area contributed by atoms with Crippen LogP contribution < -0.4 is 5.32 Å². The maximum absolute atomic E-state index is 12.2. The molecule has 0 saturated carbocycles. The van der Waals surface area contributed by atoms with Crippen molar-refractivity contribution in [3.63, 3.8) is 0 Å². The molecule has 1 aliphatic heterocycles. The van der Waals surface area contributed by atoms with E-state index >= 15 is 0 Å². The van der Waals surface area contributed by atoms with Crippen molar-refractivity contribution in [3.05, 3.63) is 66.0 Å². The van der Waals surface area contributed by atoms with Crippen molar-refractivity contribution in [1.82, 2.24) is 15.2 Å². The number of hydrogen-bond acceptors (Lipinski definition) is 3. The summed E-state index contributed by atoms with van der Waals surface area (Å²) in [5, 5.41) is 3.09.